The number of hydrogen-bond acceptors (Lipinski definition) is 5. The van der Waals surface area contributed by atoms with Crippen LogP contribution < -0.4 is 0 Å². The number of benzene rings is 1. The van der Waals surface area contributed by atoms with Crippen LogP contribution in [-0.4, -0.2) is 35.1 Å². The van der Waals surface area contributed by atoms with Crippen LogP contribution in [0.5, 0.6) is 0 Å². The first kappa shape index (κ1) is 14.8. The molecule has 0 spiro atoms. The summed E-state index contributed by atoms with van der Waals surface area (Å²) in [6.45, 7) is 3.79. The van der Waals surface area contributed by atoms with Gasteiger partial charge in [-0.05, 0) is 13.8 Å². The second-order valence-corrected chi connectivity index (χ2v) is 4.12. The normalized spacial score (nSPS) is 10.2. The van der Waals surface area contributed by atoms with E-state index in [4.69, 9.17) is 9.47 Å². The zero-order valence-corrected chi connectivity index (χ0v) is 11.9. The summed E-state index contributed by atoms with van der Waals surface area (Å²) in [6, 6.07) is 9.19. The molecule has 1 heterocycles. The Hall–Kier alpha value is -2.63. The first-order valence-corrected chi connectivity index (χ1v) is 6.67. The van der Waals surface area contributed by atoms with Gasteiger partial charge in [0.05, 0.1) is 13.2 Å². The lowest BCUT2D eigenvalue weighted by Crippen LogP contribution is -2.13. The van der Waals surface area contributed by atoms with Gasteiger partial charge in [0.15, 0.2) is 11.4 Å². The Morgan fingerprint density at radius 3 is 2.29 bits per heavy atom. The molecule has 0 aliphatic rings. The zero-order valence-electron chi connectivity index (χ0n) is 11.9. The maximum Gasteiger partial charge on any atom is 0.359 e. The van der Waals surface area contributed by atoms with Gasteiger partial charge in [0.25, 0.3) is 0 Å². The first-order chi connectivity index (χ1) is 10.2. The molecule has 6 nitrogen and oxygen atoms in total. The Balaban J connectivity index is 2.44. The molecule has 0 aliphatic carbocycles. The van der Waals surface area contributed by atoms with Gasteiger partial charge in [-0.3, -0.25) is 0 Å². The highest BCUT2D eigenvalue weighted by atomic mass is 16.5. The van der Waals surface area contributed by atoms with E-state index in [2.05, 4.69) is 9.97 Å². The van der Waals surface area contributed by atoms with E-state index in [1.54, 1.807) is 13.8 Å². The Labute approximate surface area is 122 Å². The van der Waals surface area contributed by atoms with Crippen LogP contribution in [0.3, 0.4) is 0 Å². The van der Waals surface area contributed by atoms with E-state index < -0.39 is 11.9 Å². The van der Waals surface area contributed by atoms with Crippen molar-refractivity contribution in [2.45, 2.75) is 13.8 Å². The lowest BCUT2D eigenvalue weighted by atomic mass is 10.2. The number of carbonyl (C=O) groups is 2. The number of imidazole rings is 1. The Kier molecular flexibility index (Phi) is 4.71. The first-order valence-electron chi connectivity index (χ1n) is 6.67. The molecule has 21 heavy (non-hydrogen) atoms. The molecule has 0 fully saturated rings. The molecule has 1 aromatic heterocycles. The highest BCUT2D eigenvalue weighted by Crippen LogP contribution is 2.19. The molecule has 0 radical (unpaired) electrons. The topological polar surface area (TPSA) is 81.3 Å². The highest BCUT2D eigenvalue weighted by molar-refractivity contribution is 6.01. The van der Waals surface area contributed by atoms with Gasteiger partial charge in [-0.25, -0.2) is 14.6 Å². The van der Waals surface area contributed by atoms with Crippen molar-refractivity contribution in [3.05, 3.63) is 41.7 Å². The minimum atomic E-state index is -0.654. The predicted molar refractivity (Wildman–Crippen MR) is 75.9 cm³/mol. The van der Waals surface area contributed by atoms with Crippen molar-refractivity contribution in [3.63, 3.8) is 0 Å². The third-order valence-corrected chi connectivity index (χ3v) is 2.70. The summed E-state index contributed by atoms with van der Waals surface area (Å²) >= 11 is 0. The number of ether oxygens (including phenoxy) is 2. The third kappa shape index (κ3) is 3.28. The Bertz CT molecular complexity index is 599. The van der Waals surface area contributed by atoms with E-state index >= 15 is 0 Å². The van der Waals surface area contributed by atoms with Crippen LogP contribution in [0.4, 0.5) is 0 Å². The van der Waals surface area contributed by atoms with Gasteiger partial charge in [-0.2, -0.15) is 0 Å². The molecule has 0 atom stereocenters. The van der Waals surface area contributed by atoms with Crippen LogP contribution >= 0.6 is 0 Å². The van der Waals surface area contributed by atoms with E-state index in [1.165, 1.54) is 0 Å². The molecular weight excluding hydrogens is 272 g/mol. The maximum atomic E-state index is 11.9. The second-order valence-electron chi connectivity index (χ2n) is 4.12. The number of aromatic nitrogens is 2. The van der Waals surface area contributed by atoms with E-state index in [-0.39, 0.29) is 24.6 Å². The Morgan fingerprint density at radius 1 is 1.05 bits per heavy atom. The van der Waals surface area contributed by atoms with Crippen molar-refractivity contribution in [2.24, 2.45) is 0 Å². The van der Waals surface area contributed by atoms with Gasteiger partial charge in [0, 0.05) is 5.56 Å². The maximum absolute atomic E-state index is 11.9. The van der Waals surface area contributed by atoms with Gasteiger partial charge >= 0.3 is 11.9 Å². The summed E-state index contributed by atoms with van der Waals surface area (Å²) in [6.07, 6.45) is 0. The van der Waals surface area contributed by atoms with Crippen LogP contribution in [0.2, 0.25) is 0 Å². The fraction of sp³-hybridized carbons (Fsp3) is 0.267. The molecule has 2 aromatic rings. The number of H-pyrrole nitrogens is 1. The van der Waals surface area contributed by atoms with Crippen molar-refractivity contribution in [1.29, 1.82) is 0 Å². The number of rotatable bonds is 5. The predicted octanol–water partition coefficient (Wildman–Crippen LogP) is 2.43. The second kappa shape index (κ2) is 6.69. The molecule has 110 valence electrons. The average molecular weight is 288 g/mol. The molecule has 1 N–H and O–H groups in total. The quantitative estimate of drug-likeness (QED) is 0.854. The standard InChI is InChI=1S/C15H16N2O4/c1-3-20-14(18)11-12(15(19)21-4-2)17-13(16-11)10-8-6-5-7-9-10/h5-9H,3-4H2,1-2H3,(H,16,17). The number of aromatic amines is 1. The zero-order chi connectivity index (χ0) is 15.2. The summed E-state index contributed by atoms with van der Waals surface area (Å²) in [7, 11) is 0. The van der Waals surface area contributed by atoms with Gasteiger partial charge in [0.1, 0.15) is 5.82 Å². The third-order valence-electron chi connectivity index (χ3n) is 2.70. The van der Waals surface area contributed by atoms with Gasteiger partial charge in [-0.15, -0.1) is 0 Å². The van der Waals surface area contributed by atoms with E-state index in [0.717, 1.165) is 5.56 Å². The van der Waals surface area contributed by atoms with Crippen LogP contribution in [0.1, 0.15) is 34.8 Å². The summed E-state index contributed by atoms with van der Waals surface area (Å²) in [5, 5.41) is 0. The Morgan fingerprint density at radius 2 is 1.67 bits per heavy atom. The summed E-state index contributed by atoms with van der Waals surface area (Å²) in [5.74, 6) is -0.865. The molecule has 0 aliphatic heterocycles. The van der Waals surface area contributed by atoms with Gasteiger partial charge in [0.2, 0.25) is 0 Å². The van der Waals surface area contributed by atoms with Crippen molar-refractivity contribution in [3.8, 4) is 11.4 Å². The number of esters is 2. The number of carbonyl (C=O) groups excluding carboxylic acids is 2. The van der Waals surface area contributed by atoms with Crippen LogP contribution in [-0.2, 0) is 9.47 Å². The molecule has 6 heteroatoms. The molecular formula is C15H16N2O4. The lowest BCUT2D eigenvalue weighted by Gasteiger charge is -2.01. The fourth-order valence-corrected chi connectivity index (χ4v) is 1.80. The van der Waals surface area contributed by atoms with Crippen LogP contribution in [0.15, 0.2) is 30.3 Å². The van der Waals surface area contributed by atoms with Crippen LogP contribution in [0, 0.1) is 0 Å². The average Bonchev–Trinajstić information content (AvgIpc) is 2.94. The fourth-order valence-electron chi connectivity index (χ4n) is 1.80. The van der Waals surface area contributed by atoms with E-state index in [1.807, 2.05) is 30.3 Å². The minimum absolute atomic E-state index is 0.00848. The molecule has 1 aromatic carbocycles. The number of nitrogens with zero attached hydrogens (tertiary/aromatic N) is 1. The molecule has 0 saturated carbocycles. The summed E-state index contributed by atoms with van der Waals surface area (Å²) < 4.78 is 9.85. The molecule has 0 unspecified atom stereocenters. The van der Waals surface area contributed by atoms with Crippen molar-refractivity contribution >= 4 is 11.9 Å². The minimum Gasteiger partial charge on any atom is -0.461 e. The van der Waals surface area contributed by atoms with Crippen molar-refractivity contribution in [2.75, 3.05) is 13.2 Å². The summed E-state index contributed by atoms with van der Waals surface area (Å²) in [5.41, 5.74) is 0.710. The van der Waals surface area contributed by atoms with Crippen molar-refractivity contribution < 1.29 is 19.1 Å². The molecule has 2 rings (SSSR count). The van der Waals surface area contributed by atoms with Gasteiger partial charge in [-0.1, -0.05) is 30.3 Å². The molecule has 0 amide bonds. The molecule has 0 bridgehead atoms. The summed E-state index contributed by atoms with van der Waals surface area (Å²) in [4.78, 5) is 30.8. The number of hydrogen-bond donors (Lipinski definition) is 1. The highest BCUT2D eigenvalue weighted by Gasteiger charge is 2.25. The largest absolute Gasteiger partial charge is 0.461 e. The monoisotopic (exact) mass is 288 g/mol. The van der Waals surface area contributed by atoms with Crippen LogP contribution in [0.25, 0.3) is 11.4 Å². The lowest BCUT2D eigenvalue weighted by molar-refractivity contribution is 0.0471. The van der Waals surface area contributed by atoms with E-state index in [9.17, 15) is 9.59 Å². The molecule has 0 saturated heterocycles. The smallest absolute Gasteiger partial charge is 0.359 e. The van der Waals surface area contributed by atoms with Gasteiger partial charge < -0.3 is 14.5 Å². The van der Waals surface area contributed by atoms with E-state index in [0.29, 0.717) is 5.82 Å². The van der Waals surface area contributed by atoms with Crippen molar-refractivity contribution in [1.82, 2.24) is 9.97 Å². The number of nitrogens with one attached hydrogen (secondary N) is 1. The SMILES string of the molecule is CCOC(=O)c1nc(-c2ccccc2)[nH]c1C(=O)OCC.